The lowest BCUT2D eigenvalue weighted by Gasteiger charge is -2.20. The van der Waals surface area contributed by atoms with Crippen LogP contribution in [-0.2, 0) is 38.7 Å². The van der Waals surface area contributed by atoms with Crippen LogP contribution < -0.4 is 4.52 Å². The number of aryl methyl sites for hydroxylation is 1. The molecule has 1 aromatic heterocycles. The van der Waals surface area contributed by atoms with Gasteiger partial charge >= 0.3 is 15.0 Å². The number of allylic oxidation sites excluding steroid dienone is 4. The van der Waals surface area contributed by atoms with Crippen LogP contribution in [0.2, 0.25) is 0 Å². The van der Waals surface area contributed by atoms with Crippen molar-refractivity contribution in [2.24, 2.45) is 0 Å². The van der Waals surface area contributed by atoms with Crippen molar-refractivity contribution in [3.05, 3.63) is 41.9 Å². The van der Waals surface area contributed by atoms with Crippen LogP contribution >= 0.6 is 28.1 Å². The summed E-state index contributed by atoms with van der Waals surface area (Å²) in [6, 6.07) is 1.74. The van der Waals surface area contributed by atoms with Crippen molar-refractivity contribution < 1.29 is 31.6 Å². The highest BCUT2D eigenvalue weighted by Crippen LogP contribution is 2.49. The van der Waals surface area contributed by atoms with Crippen molar-refractivity contribution in [3.63, 3.8) is 0 Å². The second-order valence-electron chi connectivity index (χ2n) is 6.06. The van der Waals surface area contributed by atoms with E-state index in [4.69, 9.17) is 33.8 Å². The zero-order valence-corrected chi connectivity index (χ0v) is 22.2. The molecule has 0 spiro atoms. The minimum Gasteiger partial charge on any atom is -0.406 e. The second-order valence-corrected chi connectivity index (χ2v) is 12.7. The summed E-state index contributed by atoms with van der Waals surface area (Å²) in [4.78, 5) is 29.3. The Morgan fingerprint density at radius 2 is 1.47 bits per heavy atom. The van der Waals surface area contributed by atoms with Crippen LogP contribution in [0.5, 0.6) is 5.88 Å². The van der Waals surface area contributed by atoms with Crippen LogP contribution in [0.1, 0.15) is 45.1 Å². The average molecular weight is 547 g/mol. The molecule has 0 saturated heterocycles. The maximum Gasteiger partial charge on any atom is 0.381 e. The largest absolute Gasteiger partial charge is 0.406 e. The Labute approximate surface area is 202 Å². The van der Waals surface area contributed by atoms with E-state index >= 15 is 0 Å². The first kappa shape index (κ1) is 30.8. The number of carbonyl (C=O) groups excluding carboxylic acids is 2. The van der Waals surface area contributed by atoms with Crippen molar-refractivity contribution in [2.75, 3.05) is 13.2 Å². The van der Waals surface area contributed by atoms with Gasteiger partial charge in [-0.05, 0) is 32.9 Å². The van der Waals surface area contributed by atoms with Crippen molar-refractivity contribution in [1.29, 1.82) is 0 Å². The average Bonchev–Trinajstić information content (AvgIpc) is 2.63. The van der Waals surface area contributed by atoms with Gasteiger partial charge < -0.3 is 4.52 Å². The van der Waals surface area contributed by atoms with Gasteiger partial charge in [-0.2, -0.15) is 13.4 Å². The normalized spacial score (nSPS) is 13.2. The Morgan fingerprint density at radius 1 is 1.03 bits per heavy atom. The van der Waals surface area contributed by atoms with Crippen LogP contribution in [0, 0.1) is 6.92 Å². The summed E-state index contributed by atoms with van der Waals surface area (Å²) < 4.78 is 34.9. The summed E-state index contributed by atoms with van der Waals surface area (Å²) >= 11 is 5.32. The lowest BCUT2D eigenvalue weighted by atomic mass is 10.1. The third-order valence-electron chi connectivity index (χ3n) is 2.99. The van der Waals surface area contributed by atoms with Crippen LogP contribution in [0.15, 0.2) is 30.4 Å². The summed E-state index contributed by atoms with van der Waals surface area (Å²) in [5.74, 6) is 0.491. The first-order valence-electron chi connectivity index (χ1n) is 9.22. The molecule has 32 heavy (non-hydrogen) atoms. The highest BCUT2D eigenvalue weighted by atomic mass is 36.0. The molecular formula is C18H25Cl2N2O7PS2. The summed E-state index contributed by atoms with van der Waals surface area (Å²) in [6.45, 7) is 7.78. The monoisotopic (exact) mass is 546 g/mol. The van der Waals surface area contributed by atoms with E-state index in [-0.39, 0.29) is 5.92 Å². The van der Waals surface area contributed by atoms with Gasteiger partial charge in [0, 0.05) is 50.8 Å². The minimum atomic E-state index is -3.72. The molecule has 0 fully saturated rings. The zero-order valence-electron chi connectivity index (χ0n) is 18.2. The van der Waals surface area contributed by atoms with Crippen molar-refractivity contribution in [1.82, 2.24) is 9.97 Å². The van der Waals surface area contributed by atoms with Gasteiger partial charge in [0.25, 0.3) is 0 Å². The Kier molecular flexibility index (Phi) is 14.3. The van der Waals surface area contributed by atoms with Gasteiger partial charge in [0.05, 0.1) is 13.2 Å². The number of aromatic nitrogens is 2. The third-order valence-corrected chi connectivity index (χ3v) is 5.41. The molecule has 0 N–H and O–H groups in total. The molecule has 0 aliphatic heterocycles. The highest BCUT2D eigenvalue weighted by Gasteiger charge is 2.22. The van der Waals surface area contributed by atoms with Gasteiger partial charge in [0.1, 0.15) is 5.82 Å². The maximum absolute atomic E-state index is 10.3. The molecule has 0 amide bonds. The minimum absolute atomic E-state index is 0.222. The summed E-state index contributed by atoms with van der Waals surface area (Å²) in [7, 11) is 4.81. The van der Waals surface area contributed by atoms with Gasteiger partial charge in [-0.3, -0.25) is 18.6 Å². The number of rotatable bonds is 7. The molecule has 0 radical (unpaired) electrons. The standard InChI is InChI=1S/C12H21N2O3PS.C6H4O2.Cl2O2S/c1-6-15-18(19,16-7-2)17-11-8-10(5)13-12(14-11)9(3)4;7-5-3-1-2-4-6(5)8;1-5(2,3)4/h8-9H,6-7H2,1-5H3;1-4H;. The molecule has 9 nitrogen and oxygen atoms in total. The van der Waals surface area contributed by atoms with Gasteiger partial charge in [-0.1, -0.05) is 26.0 Å². The summed E-state index contributed by atoms with van der Waals surface area (Å²) in [5, 5.41) is 0. The molecule has 0 bridgehead atoms. The number of hydrogen-bond acceptors (Lipinski definition) is 10. The van der Waals surface area contributed by atoms with E-state index in [9.17, 15) is 9.59 Å². The van der Waals surface area contributed by atoms with E-state index in [1.807, 2.05) is 34.6 Å². The summed E-state index contributed by atoms with van der Waals surface area (Å²) in [5.41, 5.74) is 0.836. The van der Waals surface area contributed by atoms with Crippen molar-refractivity contribution in [2.45, 2.75) is 40.5 Å². The Morgan fingerprint density at radius 3 is 1.81 bits per heavy atom. The number of hydrogen-bond donors (Lipinski definition) is 0. The van der Waals surface area contributed by atoms with Crippen LogP contribution in [0.3, 0.4) is 0 Å². The molecule has 1 aromatic rings. The van der Waals surface area contributed by atoms with E-state index in [0.717, 1.165) is 11.5 Å². The fraction of sp³-hybridized carbons (Fsp3) is 0.444. The fourth-order valence-corrected chi connectivity index (χ4v) is 3.83. The molecule has 0 unspecified atom stereocenters. The molecule has 1 aliphatic rings. The van der Waals surface area contributed by atoms with Gasteiger partial charge in [-0.15, -0.1) is 0 Å². The Bertz CT molecular complexity index is 959. The third kappa shape index (κ3) is 14.8. The fourth-order valence-electron chi connectivity index (χ4n) is 1.84. The first-order chi connectivity index (χ1) is 14.7. The molecule has 180 valence electrons. The maximum atomic E-state index is 10.3. The van der Waals surface area contributed by atoms with Gasteiger partial charge in [-0.25, -0.2) is 4.98 Å². The van der Waals surface area contributed by atoms with E-state index in [0.29, 0.717) is 19.1 Å². The van der Waals surface area contributed by atoms with Crippen LogP contribution in [0.25, 0.3) is 0 Å². The Hall–Kier alpha value is -1.20. The first-order valence-corrected chi connectivity index (χ1v) is 14.9. The van der Waals surface area contributed by atoms with E-state index in [1.54, 1.807) is 18.2 Å². The van der Waals surface area contributed by atoms with E-state index < -0.39 is 26.5 Å². The molecule has 0 aromatic carbocycles. The smallest absolute Gasteiger partial charge is 0.381 e. The number of carbonyl (C=O) groups is 2. The zero-order chi connectivity index (χ0) is 24.9. The van der Waals surface area contributed by atoms with Gasteiger partial charge in [0.2, 0.25) is 17.4 Å². The lowest BCUT2D eigenvalue weighted by Crippen LogP contribution is -2.08. The van der Waals surface area contributed by atoms with E-state index in [1.165, 1.54) is 12.2 Å². The molecule has 1 heterocycles. The van der Waals surface area contributed by atoms with E-state index in [2.05, 4.69) is 31.3 Å². The predicted octanol–water partition coefficient (Wildman–Crippen LogP) is 4.54. The molecule has 14 heteroatoms. The lowest BCUT2D eigenvalue weighted by molar-refractivity contribution is -0.131. The topological polar surface area (TPSA) is 122 Å². The summed E-state index contributed by atoms with van der Waals surface area (Å²) in [6.07, 6.45) is 5.60. The number of halogens is 2. The van der Waals surface area contributed by atoms with Crippen molar-refractivity contribution in [3.8, 4) is 5.88 Å². The predicted molar refractivity (Wildman–Crippen MR) is 128 cm³/mol. The SMILES string of the molecule is CCOP(=S)(OCC)Oc1cc(C)nc(C(C)C)n1.O=C1C=CC=CC1=O.O=S(=O)(Cl)Cl. The quantitative estimate of drug-likeness (QED) is 0.208. The van der Waals surface area contributed by atoms with Crippen molar-refractivity contribution >= 4 is 59.7 Å². The van der Waals surface area contributed by atoms with Crippen LogP contribution in [-0.4, -0.2) is 43.2 Å². The second kappa shape index (κ2) is 14.8. The molecule has 2 rings (SSSR count). The molecule has 0 atom stereocenters. The van der Waals surface area contributed by atoms with Gasteiger partial charge in [0.15, 0.2) is 0 Å². The molecule has 0 saturated carbocycles. The number of ketones is 2. The molecule has 1 aliphatic carbocycles. The number of nitrogens with zero attached hydrogens (tertiary/aromatic N) is 2. The highest BCUT2D eigenvalue weighted by molar-refractivity contribution is 8.31. The Balaban J connectivity index is 0.000000602. The molecular weight excluding hydrogens is 522 g/mol. The van der Waals surface area contributed by atoms with Crippen LogP contribution in [0.4, 0.5) is 0 Å².